The molecular weight excluding hydrogens is 112 g/mol. The van der Waals surface area contributed by atoms with Crippen molar-refractivity contribution >= 4 is 0 Å². The van der Waals surface area contributed by atoms with Crippen LogP contribution in [-0.4, -0.2) is 27.7 Å². The van der Waals surface area contributed by atoms with Gasteiger partial charge in [-0.1, -0.05) is 13.3 Å². The molecule has 9 heavy (non-hydrogen) atoms. The topological polar surface area (TPSA) is 24.1 Å². The quantitative estimate of drug-likeness (QED) is 0.556. The molecule has 2 N–H and O–H groups in total. The molecule has 2 nitrogen and oxygen atoms in total. The molecule has 0 fully saturated rings. The molecule has 58 valence electrons. The van der Waals surface area contributed by atoms with E-state index in [0.717, 1.165) is 6.54 Å². The predicted molar refractivity (Wildman–Crippen MR) is 43.8 cm³/mol. The van der Waals surface area contributed by atoms with Gasteiger partial charge in [0.25, 0.3) is 0 Å². The van der Waals surface area contributed by atoms with Crippen LogP contribution in [0, 0.1) is 0 Å². The lowest BCUT2D eigenvalue weighted by molar-refractivity contribution is 0.711. The second-order valence-corrected chi connectivity index (χ2v) is 1.96. The lowest BCUT2D eigenvalue weighted by atomic mass is 10.3. The average molecular weight is 132 g/mol. The van der Waals surface area contributed by atoms with Crippen molar-refractivity contribution < 1.29 is 0 Å². The van der Waals surface area contributed by atoms with Gasteiger partial charge in [-0.05, 0) is 34.1 Å². The summed E-state index contributed by atoms with van der Waals surface area (Å²) in [7, 11) is 5.73. The first-order valence-corrected chi connectivity index (χ1v) is 3.56. The molecule has 0 aromatic carbocycles. The van der Waals surface area contributed by atoms with E-state index in [0.29, 0.717) is 0 Å². The van der Waals surface area contributed by atoms with Gasteiger partial charge in [0.15, 0.2) is 0 Å². The smallest absolute Gasteiger partial charge is 0.00520 e. The monoisotopic (exact) mass is 132 g/mol. The van der Waals surface area contributed by atoms with E-state index in [-0.39, 0.29) is 0 Å². The van der Waals surface area contributed by atoms with Gasteiger partial charge < -0.3 is 10.6 Å². The van der Waals surface area contributed by atoms with E-state index in [9.17, 15) is 0 Å². The average Bonchev–Trinajstić information content (AvgIpc) is 1.86. The number of unbranched alkanes of at least 4 members (excludes halogenated alkanes) is 1. The highest BCUT2D eigenvalue weighted by Gasteiger charge is 1.73. The van der Waals surface area contributed by atoms with E-state index in [1.807, 2.05) is 21.1 Å². The minimum Gasteiger partial charge on any atom is -0.323 e. The molecule has 0 amide bonds. The van der Waals surface area contributed by atoms with Gasteiger partial charge in [0.05, 0.1) is 0 Å². The van der Waals surface area contributed by atoms with Crippen molar-refractivity contribution in [3.8, 4) is 0 Å². The van der Waals surface area contributed by atoms with Gasteiger partial charge in [-0.3, -0.25) is 0 Å². The Morgan fingerprint density at radius 3 is 1.67 bits per heavy atom. The molecule has 0 saturated carbocycles. The zero-order valence-corrected chi connectivity index (χ0v) is 7.12. The molecule has 0 saturated heterocycles. The van der Waals surface area contributed by atoms with Gasteiger partial charge in [0.2, 0.25) is 0 Å². The van der Waals surface area contributed by atoms with E-state index >= 15 is 0 Å². The van der Waals surface area contributed by atoms with Crippen molar-refractivity contribution in [1.82, 2.24) is 10.6 Å². The fourth-order valence-electron chi connectivity index (χ4n) is 0.354. The van der Waals surface area contributed by atoms with Crippen LogP contribution in [0.25, 0.3) is 0 Å². The maximum Gasteiger partial charge on any atom is -0.00520 e. The fraction of sp³-hybridized carbons (Fsp3) is 1.00. The van der Waals surface area contributed by atoms with Crippen LogP contribution in [0.4, 0.5) is 0 Å². The van der Waals surface area contributed by atoms with Crippen molar-refractivity contribution in [2.24, 2.45) is 0 Å². The lowest BCUT2D eigenvalue weighted by Gasteiger charge is -1.89. The third-order valence-electron chi connectivity index (χ3n) is 0.780. The third-order valence-corrected chi connectivity index (χ3v) is 0.780. The van der Waals surface area contributed by atoms with Crippen LogP contribution >= 0.6 is 0 Å². The van der Waals surface area contributed by atoms with E-state index in [4.69, 9.17) is 0 Å². The van der Waals surface area contributed by atoms with Gasteiger partial charge in [0.1, 0.15) is 0 Å². The molecule has 0 heterocycles. The largest absolute Gasteiger partial charge is 0.323 e. The van der Waals surface area contributed by atoms with Crippen LogP contribution in [0.15, 0.2) is 0 Å². The van der Waals surface area contributed by atoms with E-state index in [1.165, 1.54) is 12.8 Å². The van der Waals surface area contributed by atoms with Gasteiger partial charge in [-0.2, -0.15) is 0 Å². The summed E-state index contributed by atoms with van der Waals surface area (Å²) in [5.74, 6) is 0. The Morgan fingerprint density at radius 2 is 1.56 bits per heavy atom. The van der Waals surface area contributed by atoms with Gasteiger partial charge in [-0.25, -0.2) is 0 Å². The second-order valence-electron chi connectivity index (χ2n) is 1.96. The SMILES string of the molecule is CCCCNC.CNC. The molecule has 0 aliphatic carbocycles. The highest BCUT2D eigenvalue weighted by atomic mass is 14.8. The molecule has 0 bridgehead atoms. The summed E-state index contributed by atoms with van der Waals surface area (Å²) < 4.78 is 0. The summed E-state index contributed by atoms with van der Waals surface area (Å²) in [5, 5.41) is 5.82. The highest BCUT2D eigenvalue weighted by molar-refractivity contribution is 4.34. The Kier molecular flexibility index (Phi) is 20.3. The van der Waals surface area contributed by atoms with Gasteiger partial charge in [0, 0.05) is 0 Å². The molecule has 0 radical (unpaired) electrons. The maximum atomic E-state index is 3.07. The predicted octanol–water partition coefficient (Wildman–Crippen LogP) is 0.842. The summed E-state index contributed by atoms with van der Waals surface area (Å²) in [6.45, 7) is 3.36. The van der Waals surface area contributed by atoms with Crippen LogP contribution in [0.5, 0.6) is 0 Å². The summed E-state index contributed by atoms with van der Waals surface area (Å²) in [4.78, 5) is 0. The van der Waals surface area contributed by atoms with E-state index in [1.54, 1.807) is 0 Å². The molecule has 0 atom stereocenters. The van der Waals surface area contributed by atoms with E-state index in [2.05, 4.69) is 17.6 Å². The minimum atomic E-state index is 1.16. The second kappa shape index (κ2) is 15.7. The molecule has 2 heteroatoms. The Hall–Kier alpha value is -0.0800. The van der Waals surface area contributed by atoms with Crippen LogP contribution in [0.2, 0.25) is 0 Å². The zero-order valence-electron chi connectivity index (χ0n) is 7.12. The summed E-state index contributed by atoms with van der Waals surface area (Å²) in [6.07, 6.45) is 2.59. The molecule has 0 spiro atoms. The summed E-state index contributed by atoms with van der Waals surface area (Å²) >= 11 is 0. The van der Waals surface area contributed by atoms with Crippen LogP contribution in [-0.2, 0) is 0 Å². The third kappa shape index (κ3) is 32.6. The van der Waals surface area contributed by atoms with Crippen LogP contribution < -0.4 is 10.6 Å². The van der Waals surface area contributed by atoms with Gasteiger partial charge >= 0.3 is 0 Å². The first-order chi connectivity index (χ1) is 4.33. The number of hydrogen-bond acceptors (Lipinski definition) is 2. The Bertz CT molecular complexity index is 26.1. The summed E-state index contributed by atoms with van der Waals surface area (Å²) in [5.41, 5.74) is 0. The Balaban J connectivity index is 0. The van der Waals surface area contributed by atoms with Crippen molar-refractivity contribution in [2.45, 2.75) is 19.8 Å². The molecule has 0 aliphatic heterocycles. The molecule has 0 unspecified atom stereocenters. The normalized spacial score (nSPS) is 8.00. The highest BCUT2D eigenvalue weighted by Crippen LogP contribution is 1.79. The van der Waals surface area contributed by atoms with Crippen molar-refractivity contribution in [3.05, 3.63) is 0 Å². The molecule has 0 aromatic rings. The Labute approximate surface area is 59.0 Å². The number of hydrogen-bond donors (Lipinski definition) is 2. The molecule has 0 rings (SSSR count). The molecule has 0 aromatic heterocycles. The lowest BCUT2D eigenvalue weighted by Crippen LogP contribution is -2.06. The standard InChI is InChI=1S/C5H13N.C2H7N/c1-3-4-5-6-2;1-3-2/h6H,3-5H2,1-2H3;3H,1-2H3. The number of rotatable bonds is 3. The Morgan fingerprint density at radius 1 is 1.11 bits per heavy atom. The van der Waals surface area contributed by atoms with Gasteiger partial charge in [-0.15, -0.1) is 0 Å². The zero-order chi connectivity index (χ0) is 7.54. The minimum absolute atomic E-state index is 1.16. The van der Waals surface area contributed by atoms with Crippen LogP contribution in [0.3, 0.4) is 0 Å². The molecule has 0 aliphatic rings. The first-order valence-electron chi connectivity index (χ1n) is 3.56. The van der Waals surface area contributed by atoms with E-state index < -0.39 is 0 Å². The van der Waals surface area contributed by atoms with Crippen molar-refractivity contribution in [1.29, 1.82) is 0 Å². The first kappa shape index (κ1) is 11.7. The maximum absolute atomic E-state index is 3.07. The summed E-state index contributed by atoms with van der Waals surface area (Å²) in [6, 6.07) is 0. The van der Waals surface area contributed by atoms with Crippen molar-refractivity contribution in [3.63, 3.8) is 0 Å². The van der Waals surface area contributed by atoms with Crippen molar-refractivity contribution in [2.75, 3.05) is 27.7 Å². The fourth-order valence-corrected chi connectivity index (χ4v) is 0.354. The van der Waals surface area contributed by atoms with Crippen LogP contribution in [0.1, 0.15) is 19.8 Å². The number of nitrogens with one attached hydrogen (secondary N) is 2. The molecular formula is C7H20N2.